The molecule has 0 saturated heterocycles. The predicted octanol–water partition coefficient (Wildman–Crippen LogP) is 3.14. The van der Waals surface area contributed by atoms with Gasteiger partial charge in [0.15, 0.2) is 0 Å². The van der Waals surface area contributed by atoms with Gasteiger partial charge in [-0.25, -0.2) is 4.39 Å². The van der Waals surface area contributed by atoms with Gasteiger partial charge in [-0.05, 0) is 38.0 Å². The number of hydrogen-bond donors (Lipinski definition) is 2. The smallest absolute Gasteiger partial charge is 0.311 e. The second kappa shape index (κ2) is 5.49. The van der Waals surface area contributed by atoms with Crippen LogP contribution in [0.15, 0.2) is 18.2 Å². The van der Waals surface area contributed by atoms with E-state index in [0.29, 0.717) is 12.1 Å². The summed E-state index contributed by atoms with van der Waals surface area (Å²) in [6.07, 6.45) is 3.16. The zero-order valence-electron chi connectivity index (χ0n) is 11.3. The first-order chi connectivity index (χ1) is 9.47. The first kappa shape index (κ1) is 14.3. The molecule has 20 heavy (non-hydrogen) atoms. The number of aliphatic carboxylic acids is 1. The van der Waals surface area contributed by atoms with Crippen molar-refractivity contribution in [2.24, 2.45) is 5.41 Å². The number of nitriles is 1. The molecule has 2 N–H and O–H groups in total. The van der Waals surface area contributed by atoms with E-state index in [-0.39, 0.29) is 11.6 Å². The maximum Gasteiger partial charge on any atom is 0.311 e. The third-order valence-corrected chi connectivity index (χ3v) is 4.13. The van der Waals surface area contributed by atoms with Gasteiger partial charge in [0.2, 0.25) is 0 Å². The Labute approximate surface area is 117 Å². The Hall–Kier alpha value is -2.09. The minimum absolute atomic E-state index is 0.198. The van der Waals surface area contributed by atoms with Crippen LogP contribution in [0.2, 0.25) is 0 Å². The number of nitrogens with one attached hydrogen (secondary N) is 1. The molecule has 106 valence electrons. The van der Waals surface area contributed by atoms with Crippen molar-refractivity contribution in [1.82, 2.24) is 0 Å². The Morgan fingerprint density at radius 2 is 2.30 bits per heavy atom. The standard InChI is InChI=1S/C15H17FN2O2/c1-15(14(19)20)7-3-2-4-13(15)18-12-6-5-11(16)8-10(12)9-17/h5-6,8,13,18H,2-4,7H2,1H3,(H,19,20). The van der Waals surface area contributed by atoms with Crippen LogP contribution in [-0.2, 0) is 4.79 Å². The average molecular weight is 276 g/mol. The molecule has 2 atom stereocenters. The van der Waals surface area contributed by atoms with Gasteiger partial charge in [-0.2, -0.15) is 5.26 Å². The molecule has 0 amide bonds. The fraction of sp³-hybridized carbons (Fsp3) is 0.467. The van der Waals surface area contributed by atoms with E-state index in [2.05, 4.69) is 5.32 Å². The Balaban J connectivity index is 2.28. The van der Waals surface area contributed by atoms with Crippen molar-refractivity contribution in [3.05, 3.63) is 29.6 Å². The van der Waals surface area contributed by atoms with Crippen LogP contribution < -0.4 is 5.32 Å². The number of halogens is 1. The molecule has 2 rings (SSSR count). The molecular weight excluding hydrogens is 259 g/mol. The van der Waals surface area contributed by atoms with Gasteiger partial charge >= 0.3 is 5.97 Å². The minimum atomic E-state index is -0.862. The molecule has 1 aromatic carbocycles. The lowest BCUT2D eigenvalue weighted by Crippen LogP contribution is -2.46. The second-order valence-corrected chi connectivity index (χ2v) is 5.47. The SMILES string of the molecule is CC1(C(=O)O)CCCCC1Nc1ccc(F)cc1C#N. The summed E-state index contributed by atoms with van der Waals surface area (Å²) in [5.41, 5.74) is -0.170. The predicted molar refractivity (Wildman–Crippen MR) is 72.7 cm³/mol. The summed E-state index contributed by atoms with van der Waals surface area (Å²) in [6, 6.07) is 5.59. The van der Waals surface area contributed by atoms with Gasteiger partial charge in [0.1, 0.15) is 11.9 Å². The van der Waals surface area contributed by atoms with Crippen molar-refractivity contribution in [2.45, 2.75) is 38.6 Å². The molecule has 1 aromatic rings. The Bertz CT molecular complexity index is 567. The van der Waals surface area contributed by atoms with E-state index < -0.39 is 17.2 Å². The summed E-state index contributed by atoms with van der Waals surface area (Å²) in [7, 11) is 0. The van der Waals surface area contributed by atoms with Gasteiger partial charge in [0.05, 0.1) is 16.7 Å². The van der Waals surface area contributed by atoms with Crippen molar-refractivity contribution in [3.63, 3.8) is 0 Å². The third kappa shape index (κ3) is 2.60. The Kier molecular flexibility index (Phi) is 3.93. The van der Waals surface area contributed by atoms with Crippen LogP contribution in [-0.4, -0.2) is 17.1 Å². The molecule has 1 saturated carbocycles. The van der Waals surface area contributed by atoms with Crippen LogP contribution in [0.3, 0.4) is 0 Å². The molecule has 5 heteroatoms. The number of benzene rings is 1. The largest absolute Gasteiger partial charge is 0.481 e. The van der Waals surface area contributed by atoms with Gasteiger partial charge in [-0.15, -0.1) is 0 Å². The monoisotopic (exact) mass is 276 g/mol. The molecule has 0 heterocycles. The highest BCUT2D eigenvalue weighted by molar-refractivity contribution is 5.76. The lowest BCUT2D eigenvalue weighted by Gasteiger charge is -2.39. The van der Waals surface area contributed by atoms with Crippen molar-refractivity contribution >= 4 is 11.7 Å². The fourth-order valence-electron chi connectivity index (χ4n) is 2.74. The van der Waals surface area contributed by atoms with Crippen LogP contribution in [0.1, 0.15) is 38.2 Å². The number of carboxylic acids is 1. The number of nitrogens with zero attached hydrogens (tertiary/aromatic N) is 1. The molecule has 2 unspecified atom stereocenters. The van der Waals surface area contributed by atoms with Gasteiger partial charge in [0, 0.05) is 6.04 Å². The van der Waals surface area contributed by atoms with E-state index in [1.165, 1.54) is 12.1 Å². The molecule has 0 aliphatic heterocycles. The summed E-state index contributed by atoms with van der Waals surface area (Å²) in [5.74, 6) is -1.31. The summed E-state index contributed by atoms with van der Waals surface area (Å²) in [6.45, 7) is 1.72. The summed E-state index contributed by atoms with van der Waals surface area (Å²) in [4.78, 5) is 11.5. The average Bonchev–Trinajstić information content (AvgIpc) is 2.43. The topological polar surface area (TPSA) is 73.1 Å². The van der Waals surface area contributed by atoms with Gasteiger partial charge in [-0.3, -0.25) is 4.79 Å². The molecule has 0 spiro atoms. The van der Waals surface area contributed by atoms with Crippen LogP contribution in [0.25, 0.3) is 0 Å². The molecule has 0 bridgehead atoms. The number of carboxylic acid groups (broad SMARTS) is 1. The van der Waals surface area contributed by atoms with Crippen LogP contribution in [0, 0.1) is 22.6 Å². The lowest BCUT2D eigenvalue weighted by molar-refractivity contribution is -0.150. The molecule has 1 aliphatic rings. The number of carbonyl (C=O) groups is 1. The second-order valence-electron chi connectivity index (χ2n) is 5.47. The Morgan fingerprint density at radius 3 is 2.95 bits per heavy atom. The molecule has 1 aliphatic carbocycles. The van der Waals surface area contributed by atoms with Crippen LogP contribution in [0.4, 0.5) is 10.1 Å². The maximum atomic E-state index is 13.1. The summed E-state index contributed by atoms with van der Waals surface area (Å²) >= 11 is 0. The molecule has 1 fully saturated rings. The number of hydrogen-bond acceptors (Lipinski definition) is 3. The molecular formula is C15H17FN2O2. The highest BCUT2D eigenvalue weighted by Gasteiger charge is 2.43. The number of anilines is 1. The minimum Gasteiger partial charge on any atom is -0.481 e. The van der Waals surface area contributed by atoms with E-state index >= 15 is 0 Å². The lowest BCUT2D eigenvalue weighted by atomic mass is 9.71. The van der Waals surface area contributed by atoms with E-state index in [1.54, 1.807) is 6.92 Å². The highest BCUT2D eigenvalue weighted by atomic mass is 19.1. The van der Waals surface area contributed by atoms with Crippen molar-refractivity contribution < 1.29 is 14.3 Å². The van der Waals surface area contributed by atoms with E-state index in [0.717, 1.165) is 25.3 Å². The van der Waals surface area contributed by atoms with E-state index in [1.807, 2.05) is 6.07 Å². The normalized spacial score (nSPS) is 25.8. The molecule has 0 aromatic heterocycles. The fourth-order valence-corrected chi connectivity index (χ4v) is 2.74. The third-order valence-electron chi connectivity index (χ3n) is 4.13. The van der Waals surface area contributed by atoms with E-state index in [4.69, 9.17) is 5.26 Å². The first-order valence-electron chi connectivity index (χ1n) is 6.67. The molecule has 0 radical (unpaired) electrons. The van der Waals surface area contributed by atoms with Crippen molar-refractivity contribution in [2.75, 3.05) is 5.32 Å². The summed E-state index contributed by atoms with van der Waals surface area (Å²) in [5, 5.41) is 21.6. The molecule has 4 nitrogen and oxygen atoms in total. The summed E-state index contributed by atoms with van der Waals surface area (Å²) < 4.78 is 13.1. The number of rotatable bonds is 3. The maximum absolute atomic E-state index is 13.1. The zero-order valence-corrected chi connectivity index (χ0v) is 11.3. The Morgan fingerprint density at radius 1 is 1.55 bits per heavy atom. The van der Waals surface area contributed by atoms with Crippen LogP contribution >= 0.6 is 0 Å². The van der Waals surface area contributed by atoms with Crippen LogP contribution in [0.5, 0.6) is 0 Å². The first-order valence-corrected chi connectivity index (χ1v) is 6.67. The van der Waals surface area contributed by atoms with Crippen molar-refractivity contribution in [1.29, 1.82) is 5.26 Å². The van der Waals surface area contributed by atoms with Gasteiger partial charge in [0.25, 0.3) is 0 Å². The van der Waals surface area contributed by atoms with Gasteiger partial charge in [-0.1, -0.05) is 12.8 Å². The van der Waals surface area contributed by atoms with E-state index in [9.17, 15) is 14.3 Å². The highest BCUT2D eigenvalue weighted by Crippen LogP contribution is 2.38. The zero-order chi connectivity index (χ0) is 14.8. The van der Waals surface area contributed by atoms with Gasteiger partial charge < -0.3 is 10.4 Å². The van der Waals surface area contributed by atoms with Crippen molar-refractivity contribution in [3.8, 4) is 6.07 Å². The quantitative estimate of drug-likeness (QED) is 0.889.